The number of nitrogens with one attached hydrogen (secondary N) is 1. The van der Waals surface area contributed by atoms with Crippen LogP contribution in [0.25, 0.3) is 0 Å². The van der Waals surface area contributed by atoms with Crippen LogP contribution in [0.4, 0.5) is 0 Å². The first-order valence-electron chi connectivity index (χ1n) is 3.62. The van der Waals surface area contributed by atoms with E-state index in [9.17, 15) is 0 Å². The molecule has 1 unspecified atom stereocenters. The quantitative estimate of drug-likeness (QED) is 0.299. The minimum absolute atomic E-state index is 0.377. The molecular weight excluding hydrogens is 146 g/mol. The van der Waals surface area contributed by atoms with Gasteiger partial charge >= 0.3 is 0 Å². The summed E-state index contributed by atoms with van der Waals surface area (Å²) in [6.07, 6.45) is -0.668. The van der Waals surface area contributed by atoms with Crippen molar-refractivity contribution >= 4 is 0 Å². The van der Waals surface area contributed by atoms with Crippen LogP contribution < -0.4 is 16.8 Å². The summed E-state index contributed by atoms with van der Waals surface area (Å²) in [6.45, 7) is 0. The number of hydrogen-bond donors (Lipinski definition) is 5. The van der Waals surface area contributed by atoms with Crippen molar-refractivity contribution in [2.75, 3.05) is 7.05 Å². The minimum atomic E-state index is -0.842. The first-order valence-corrected chi connectivity index (χ1v) is 3.62. The smallest absolute Gasteiger partial charge is 0.119 e. The first-order chi connectivity index (χ1) is 5.07. The maximum atomic E-state index is 9.08. The van der Waals surface area contributed by atoms with Crippen LogP contribution in [-0.4, -0.2) is 35.8 Å². The Hall–Kier alpha value is -0.200. The normalized spacial score (nSPS) is 19.4. The fraction of sp³-hybridized carbons (Fsp3) is 1.00. The number of aliphatic hydroxyl groups is 2. The average Bonchev–Trinajstić information content (AvgIpc) is 1.98. The Balaban J connectivity index is 3.43. The Morgan fingerprint density at radius 1 is 1.27 bits per heavy atom. The third-order valence-electron chi connectivity index (χ3n) is 1.50. The van der Waals surface area contributed by atoms with Gasteiger partial charge < -0.3 is 21.7 Å². The van der Waals surface area contributed by atoms with E-state index in [-0.39, 0.29) is 6.04 Å². The van der Waals surface area contributed by atoms with Gasteiger partial charge in [-0.3, -0.25) is 5.32 Å². The Bertz CT molecular complexity index is 99.8. The highest BCUT2D eigenvalue weighted by atomic mass is 16.3. The molecule has 0 radical (unpaired) electrons. The van der Waals surface area contributed by atoms with Gasteiger partial charge in [0.05, 0.1) is 0 Å². The molecule has 0 aromatic carbocycles. The van der Waals surface area contributed by atoms with Gasteiger partial charge in [0, 0.05) is 6.04 Å². The van der Waals surface area contributed by atoms with Gasteiger partial charge in [0.2, 0.25) is 0 Å². The standard InChI is InChI=1S/C6H17N3O2/c1-9-6(11)4(7)2-3-5(8)10/h4-6,9-11H,2-3,7-8H2,1H3/t4?,5-,6-/m1/s1. The molecular formula is C6H17N3O2. The maximum Gasteiger partial charge on any atom is 0.119 e. The second-order valence-electron chi connectivity index (χ2n) is 2.54. The molecule has 3 atom stereocenters. The SMILES string of the molecule is CN[C@H](O)C(N)CC[C@H](N)O. The molecule has 0 fully saturated rings. The van der Waals surface area contributed by atoms with E-state index in [2.05, 4.69) is 5.32 Å². The highest BCUT2D eigenvalue weighted by molar-refractivity contribution is 4.68. The lowest BCUT2D eigenvalue weighted by Gasteiger charge is -2.18. The zero-order valence-corrected chi connectivity index (χ0v) is 6.70. The number of nitrogens with two attached hydrogens (primary N) is 2. The van der Waals surface area contributed by atoms with Crippen LogP contribution in [-0.2, 0) is 0 Å². The third kappa shape index (κ3) is 5.11. The van der Waals surface area contributed by atoms with Crippen LogP contribution in [0.5, 0.6) is 0 Å². The van der Waals surface area contributed by atoms with Gasteiger partial charge in [-0.25, -0.2) is 0 Å². The molecule has 0 rings (SSSR count). The molecule has 5 nitrogen and oxygen atoms in total. The molecule has 0 bridgehead atoms. The molecule has 0 aliphatic rings. The van der Waals surface area contributed by atoms with Crippen molar-refractivity contribution in [3.05, 3.63) is 0 Å². The van der Waals surface area contributed by atoms with Gasteiger partial charge in [-0.05, 0) is 19.9 Å². The van der Waals surface area contributed by atoms with Crippen molar-refractivity contribution in [3.63, 3.8) is 0 Å². The van der Waals surface area contributed by atoms with Crippen molar-refractivity contribution in [3.8, 4) is 0 Å². The lowest BCUT2D eigenvalue weighted by Crippen LogP contribution is -2.43. The topological polar surface area (TPSA) is 105 Å². The van der Waals surface area contributed by atoms with Crippen molar-refractivity contribution < 1.29 is 10.2 Å². The second kappa shape index (κ2) is 5.45. The van der Waals surface area contributed by atoms with Gasteiger partial charge in [-0.15, -0.1) is 0 Å². The van der Waals surface area contributed by atoms with Crippen molar-refractivity contribution in [1.29, 1.82) is 0 Å². The van der Waals surface area contributed by atoms with Gasteiger partial charge in [0.1, 0.15) is 12.5 Å². The van der Waals surface area contributed by atoms with E-state index in [0.29, 0.717) is 12.8 Å². The molecule has 5 heteroatoms. The number of aliphatic hydroxyl groups excluding tert-OH is 2. The fourth-order valence-corrected chi connectivity index (χ4v) is 0.735. The minimum Gasteiger partial charge on any atom is -0.379 e. The fourth-order valence-electron chi connectivity index (χ4n) is 0.735. The summed E-state index contributed by atoms with van der Waals surface area (Å²) in [5.74, 6) is 0. The van der Waals surface area contributed by atoms with Crippen LogP contribution in [0.1, 0.15) is 12.8 Å². The molecule has 0 amide bonds. The summed E-state index contributed by atoms with van der Waals surface area (Å²) in [5.41, 5.74) is 10.6. The van der Waals surface area contributed by atoms with Gasteiger partial charge in [0.25, 0.3) is 0 Å². The van der Waals surface area contributed by atoms with Crippen LogP contribution in [0.2, 0.25) is 0 Å². The van der Waals surface area contributed by atoms with Crippen molar-refractivity contribution in [2.45, 2.75) is 31.3 Å². The molecule has 68 valence electrons. The van der Waals surface area contributed by atoms with E-state index in [1.165, 1.54) is 0 Å². The summed E-state index contributed by atoms with van der Waals surface area (Å²) in [6, 6.07) is -0.377. The van der Waals surface area contributed by atoms with E-state index >= 15 is 0 Å². The monoisotopic (exact) mass is 163 g/mol. The highest BCUT2D eigenvalue weighted by Gasteiger charge is 2.12. The molecule has 7 N–H and O–H groups in total. The average molecular weight is 163 g/mol. The van der Waals surface area contributed by atoms with Crippen LogP contribution in [0, 0.1) is 0 Å². The van der Waals surface area contributed by atoms with Gasteiger partial charge in [-0.2, -0.15) is 0 Å². The Labute approximate surface area is 66.4 Å². The van der Waals surface area contributed by atoms with Crippen LogP contribution in [0.15, 0.2) is 0 Å². The summed E-state index contributed by atoms with van der Waals surface area (Å²) in [5, 5.41) is 20.4. The van der Waals surface area contributed by atoms with Crippen molar-refractivity contribution in [1.82, 2.24) is 5.32 Å². The number of likely N-dealkylation sites (N-methyl/N-ethyl adjacent to an activating group) is 1. The Kier molecular flexibility index (Phi) is 5.35. The highest BCUT2D eigenvalue weighted by Crippen LogP contribution is 1.98. The molecule has 0 aromatic rings. The van der Waals surface area contributed by atoms with E-state index in [1.54, 1.807) is 7.05 Å². The Morgan fingerprint density at radius 2 is 1.82 bits per heavy atom. The maximum absolute atomic E-state index is 9.08. The second-order valence-corrected chi connectivity index (χ2v) is 2.54. The summed E-state index contributed by atoms with van der Waals surface area (Å²) < 4.78 is 0. The summed E-state index contributed by atoms with van der Waals surface area (Å²) >= 11 is 0. The molecule has 0 aliphatic heterocycles. The zero-order chi connectivity index (χ0) is 8.85. The predicted octanol–water partition coefficient (Wildman–Crippen LogP) is -2.09. The van der Waals surface area contributed by atoms with Gasteiger partial charge in [0.15, 0.2) is 0 Å². The largest absolute Gasteiger partial charge is 0.379 e. The Morgan fingerprint density at radius 3 is 2.18 bits per heavy atom. The molecule has 0 aromatic heterocycles. The first kappa shape index (κ1) is 10.8. The zero-order valence-electron chi connectivity index (χ0n) is 6.70. The van der Waals surface area contributed by atoms with E-state index in [1.807, 2.05) is 0 Å². The lowest BCUT2D eigenvalue weighted by molar-refractivity contribution is 0.101. The lowest BCUT2D eigenvalue weighted by atomic mass is 10.1. The molecule has 0 spiro atoms. The molecule has 0 saturated heterocycles. The summed E-state index contributed by atoms with van der Waals surface area (Å²) in [7, 11) is 1.61. The molecule has 0 saturated carbocycles. The molecule has 0 heterocycles. The molecule has 11 heavy (non-hydrogen) atoms. The summed E-state index contributed by atoms with van der Waals surface area (Å²) in [4.78, 5) is 0. The van der Waals surface area contributed by atoms with E-state index in [4.69, 9.17) is 21.7 Å². The van der Waals surface area contributed by atoms with E-state index < -0.39 is 12.5 Å². The van der Waals surface area contributed by atoms with Crippen LogP contribution in [0.3, 0.4) is 0 Å². The van der Waals surface area contributed by atoms with E-state index in [0.717, 1.165) is 0 Å². The predicted molar refractivity (Wildman–Crippen MR) is 42.5 cm³/mol. The van der Waals surface area contributed by atoms with Gasteiger partial charge in [-0.1, -0.05) is 0 Å². The van der Waals surface area contributed by atoms with Crippen molar-refractivity contribution in [2.24, 2.45) is 11.5 Å². The van der Waals surface area contributed by atoms with Crippen LogP contribution >= 0.6 is 0 Å². The number of hydrogen-bond acceptors (Lipinski definition) is 5. The third-order valence-corrected chi connectivity index (χ3v) is 1.50. The number of rotatable bonds is 5. The molecule has 0 aliphatic carbocycles.